The standard InChI is InChI=1S/C9H11BClNO2/c11-8-3-2-7(6-9(8)12)10-13-4-1-5-14-10/h2-3,6H,1,4-5,12H2. The van der Waals surface area contributed by atoms with Crippen LogP contribution in [0.25, 0.3) is 0 Å². The summed E-state index contributed by atoms with van der Waals surface area (Å²) in [5.41, 5.74) is 7.16. The molecule has 2 N–H and O–H groups in total. The maximum Gasteiger partial charge on any atom is 0.493 e. The Bertz CT molecular complexity index is 329. The first-order valence-corrected chi connectivity index (χ1v) is 4.93. The van der Waals surface area contributed by atoms with Gasteiger partial charge in [-0.25, -0.2) is 0 Å². The second kappa shape index (κ2) is 4.21. The quantitative estimate of drug-likeness (QED) is 0.558. The zero-order valence-corrected chi connectivity index (χ0v) is 8.46. The van der Waals surface area contributed by atoms with Crippen molar-refractivity contribution in [2.24, 2.45) is 0 Å². The van der Waals surface area contributed by atoms with Crippen LogP contribution in [0.15, 0.2) is 18.2 Å². The lowest BCUT2D eigenvalue weighted by Gasteiger charge is -2.20. The minimum absolute atomic E-state index is 0.289. The van der Waals surface area contributed by atoms with E-state index in [9.17, 15) is 0 Å². The van der Waals surface area contributed by atoms with Crippen LogP contribution in [0.4, 0.5) is 5.69 Å². The fraction of sp³-hybridized carbons (Fsp3) is 0.333. The summed E-state index contributed by atoms with van der Waals surface area (Å²) in [4.78, 5) is 0. The Morgan fingerprint density at radius 1 is 1.29 bits per heavy atom. The molecule has 0 saturated carbocycles. The van der Waals surface area contributed by atoms with E-state index in [-0.39, 0.29) is 7.12 Å². The second-order valence-corrected chi connectivity index (χ2v) is 3.62. The van der Waals surface area contributed by atoms with Crippen molar-refractivity contribution >= 4 is 29.9 Å². The number of nitrogens with two attached hydrogens (primary N) is 1. The van der Waals surface area contributed by atoms with E-state index < -0.39 is 0 Å². The van der Waals surface area contributed by atoms with E-state index in [0.717, 1.165) is 25.1 Å². The van der Waals surface area contributed by atoms with Gasteiger partial charge in [-0.15, -0.1) is 0 Å². The van der Waals surface area contributed by atoms with E-state index in [1.54, 1.807) is 12.1 Å². The fourth-order valence-electron chi connectivity index (χ4n) is 1.39. The van der Waals surface area contributed by atoms with Crippen LogP contribution in [-0.2, 0) is 9.31 Å². The van der Waals surface area contributed by atoms with E-state index in [2.05, 4.69) is 0 Å². The van der Waals surface area contributed by atoms with Gasteiger partial charge in [0.15, 0.2) is 0 Å². The van der Waals surface area contributed by atoms with Crippen molar-refractivity contribution in [1.29, 1.82) is 0 Å². The Kier molecular flexibility index (Phi) is 2.96. The van der Waals surface area contributed by atoms with Gasteiger partial charge >= 0.3 is 7.12 Å². The summed E-state index contributed by atoms with van der Waals surface area (Å²) in [6.07, 6.45) is 0.944. The van der Waals surface area contributed by atoms with Gasteiger partial charge < -0.3 is 15.0 Å². The minimum Gasteiger partial charge on any atom is -0.407 e. The van der Waals surface area contributed by atoms with E-state index in [0.29, 0.717) is 10.7 Å². The third-order valence-electron chi connectivity index (χ3n) is 2.12. The molecular weight excluding hydrogens is 200 g/mol. The molecule has 0 amide bonds. The lowest BCUT2D eigenvalue weighted by Crippen LogP contribution is -2.40. The molecule has 1 heterocycles. The summed E-state index contributed by atoms with van der Waals surface area (Å²) in [6.45, 7) is 1.46. The highest BCUT2D eigenvalue weighted by Gasteiger charge is 2.24. The summed E-state index contributed by atoms with van der Waals surface area (Å²) < 4.78 is 10.9. The monoisotopic (exact) mass is 211 g/mol. The fourth-order valence-corrected chi connectivity index (χ4v) is 1.51. The average molecular weight is 211 g/mol. The molecular formula is C9H11BClNO2. The predicted octanol–water partition coefficient (Wildman–Crippen LogP) is 1.05. The van der Waals surface area contributed by atoms with Crippen LogP contribution < -0.4 is 11.2 Å². The van der Waals surface area contributed by atoms with Crippen molar-refractivity contribution < 1.29 is 9.31 Å². The smallest absolute Gasteiger partial charge is 0.407 e. The zero-order valence-electron chi connectivity index (χ0n) is 7.70. The molecule has 1 aliphatic rings. The van der Waals surface area contributed by atoms with Gasteiger partial charge in [-0.05, 0) is 24.0 Å². The molecule has 1 aliphatic heterocycles. The Hall–Kier alpha value is -0.705. The minimum atomic E-state index is -0.289. The lowest BCUT2D eigenvalue weighted by atomic mass is 9.78. The highest BCUT2D eigenvalue weighted by Crippen LogP contribution is 2.16. The van der Waals surface area contributed by atoms with Crippen molar-refractivity contribution in [1.82, 2.24) is 0 Å². The van der Waals surface area contributed by atoms with Gasteiger partial charge in [0.2, 0.25) is 0 Å². The Morgan fingerprint density at radius 2 is 2.00 bits per heavy atom. The van der Waals surface area contributed by atoms with E-state index >= 15 is 0 Å². The number of anilines is 1. The van der Waals surface area contributed by atoms with Crippen LogP contribution in [0.2, 0.25) is 5.02 Å². The SMILES string of the molecule is Nc1cc(B2OCCCO2)ccc1Cl. The number of halogens is 1. The first-order valence-electron chi connectivity index (χ1n) is 4.55. The molecule has 1 fully saturated rings. The van der Waals surface area contributed by atoms with Crippen molar-refractivity contribution in [3.05, 3.63) is 23.2 Å². The highest BCUT2D eigenvalue weighted by molar-refractivity contribution is 6.61. The summed E-state index contributed by atoms with van der Waals surface area (Å²) in [7, 11) is -0.289. The van der Waals surface area contributed by atoms with Crippen LogP contribution in [0.5, 0.6) is 0 Å². The van der Waals surface area contributed by atoms with Gasteiger partial charge in [0, 0.05) is 18.9 Å². The van der Waals surface area contributed by atoms with E-state index in [1.165, 1.54) is 0 Å². The van der Waals surface area contributed by atoms with Crippen molar-refractivity contribution in [3.8, 4) is 0 Å². The van der Waals surface area contributed by atoms with Gasteiger partial charge in [-0.1, -0.05) is 17.7 Å². The normalized spacial score (nSPS) is 17.1. The topological polar surface area (TPSA) is 44.5 Å². The Balaban J connectivity index is 2.18. The largest absolute Gasteiger partial charge is 0.493 e. The number of benzene rings is 1. The molecule has 1 saturated heterocycles. The van der Waals surface area contributed by atoms with E-state index in [4.69, 9.17) is 26.6 Å². The molecule has 14 heavy (non-hydrogen) atoms. The summed E-state index contributed by atoms with van der Waals surface area (Å²) >= 11 is 5.81. The lowest BCUT2D eigenvalue weighted by molar-refractivity contribution is 0.143. The molecule has 3 nitrogen and oxygen atoms in total. The molecule has 0 aromatic heterocycles. The molecule has 0 atom stereocenters. The molecule has 0 radical (unpaired) electrons. The third kappa shape index (κ3) is 2.03. The van der Waals surface area contributed by atoms with Gasteiger partial charge in [0.25, 0.3) is 0 Å². The second-order valence-electron chi connectivity index (χ2n) is 3.21. The maximum absolute atomic E-state index is 5.81. The molecule has 2 rings (SSSR count). The number of hydrogen-bond donors (Lipinski definition) is 1. The van der Waals surface area contributed by atoms with Crippen molar-refractivity contribution in [3.63, 3.8) is 0 Å². The van der Waals surface area contributed by atoms with Crippen LogP contribution in [0.3, 0.4) is 0 Å². The molecule has 1 aromatic rings. The summed E-state index contributed by atoms with van der Waals surface area (Å²) in [6, 6.07) is 5.42. The van der Waals surface area contributed by atoms with Gasteiger partial charge in [0.1, 0.15) is 0 Å². The van der Waals surface area contributed by atoms with Crippen molar-refractivity contribution in [2.75, 3.05) is 18.9 Å². The van der Waals surface area contributed by atoms with Crippen molar-refractivity contribution in [2.45, 2.75) is 6.42 Å². The number of rotatable bonds is 1. The first-order chi connectivity index (χ1) is 6.77. The van der Waals surface area contributed by atoms with Crippen LogP contribution in [-0.4, -0.2) is 20.3 Å². The number of nitrogen functional groups attached to an aromatic ring is 1. The third-order valence-corrected chi connectivity index (χ3v) is 2.46. The zero-order chi connectivity index (χ0) is 9.97. The van der Waals surface area contributed by atoms with E-state index in [1.807, 2.05) is 6.07 Å². The molecule has 0 spiro atoms. The summed E-state index contributed by atoms with van der Waals surface area (Å²) in [5, 5.41) is 0.560. The molecule has 0 unspecified atom stereocenters. The molecule has 0 bridgehead atoms. The summed E-state index contributed by atoms with van der Waals surface area (Å²) in [5.74, 6) is 0. The van der Waals surface area contributed by atoms with Crippen LogP contribution >= 0.6 is 11.6 Å². The van der Waals surface area contributed by atoms with Gasteiger partial charge in [-0.2, -0.15) is 0 Å². The Morgan fingerprint density at radius 3 is 2.64 bits per heavy atom. The molecule has 5 heteroatoms. The molecule has 0 aliphatic carbocycles. The highest BCUT2D eigenvalue weighted by atomic mass is 35.5. The van der Waals surface area contributed by atoms with Gasteiger partial charge in [-0.3, -0.25) is 0 Å². The van der Waals surface area contributed by atoms with Gasteiger partial charge in [0.05, 0.1) is 5.02 Å². The predicted molar refractivity (Wildman–Crippen MR) is 57.8 cm³/mol. The molecule has 1 aromatic carbocycles. The van der Waals surface area contributed by atoms with Crippen LogP contribution in [0, 0.1) is 0 Å². The average Bonchev–Trinajstić information content (AvgIpc) is 2.23. The van der Waals surface area contributed by atoms with Crippen LogP contribution in [0.1, 0.15) is 6.42 Å². The molecule has 74 valence electrons. The Labute approximate surface area is 88.3 Å². The first kappa shape index (κ1) is 9.83. The maximum atomic E-state index is 5.81. The number of hydrogen-bond acceptors (Lipinski definition) is 3.